The van der Waals surface area contributed by atoms with Gasteiger partial charge in [0.15, 0.2) is 5.82 Å². The summed E-state index contributed by atoms with van der Waals surface area (Å²) in [5, 5.41) is 8.67. The van der Waals surface area contributed by atoms with Crippen LogP contribution in [0.1, 0.15) is 24.2 Å². The normalized spacial score (nSPS) is 11.7. The number of carbonyl (C=O) groups is 1. The van der Waals surface area contributed by atoms with Crippen molar-refractivity contribution in [2.45, 2.75) is 13.8 Å². The first kappa shape index (κ1) is 14.5. The molecule has 0 aliphatic carbocycles. The number of rotatable bonds is 4. The molecule has 0 saturated carbocycles. The molecule has 0 radical (unpaired) electrons. The van der Waals surface area contributed by atoms with Gasteiger partial charge in [0, 0.05) is 13.1 Å². The molecule has 0 aliphatic heterocycles. The van der Waals surface area contributed by atoms with Gasteiger partial charge in [0.05, 0.1) is 22.6 Å². The lowest BCUT2D eigenvalue weighted by molar-refractivity contribution is 0.0748. The Balaban J connectivity index is 2.97. The van der Waals surface area contributed by atoms with Crippen LogP contribution < -0.4 is 0 Å². The van der Waals surface area contributed by atoms with E-state index in [0.717, 1.165) is 0 Å². The Hall–Kier alpha value is -1.60. The maximum atomic E-state index is 13.7. The molecule has 0 fully saturated rings. The number of benzene rings is 1. The molecule has 0 aliphatic rings. The number of carbonyl (C=O) groups excluding carboxylic acids is 1. The maximum Gasteiger partial charge on any atom is 0.256 e. The molecule has 0 N–H and O–H groups in total. The number of nitrogens with zero attached hydrogens (tertiary/aromatic N) is 2. The van der Waals surface area contributed by atoms with Gasteiger partial charge in [0.1, 0.15) is 0 Å². The van der Waals surface area contributed by atoms with Crippen LogP contribution in [0.5, 0.6) is 0 Å². The lowest BCUT2D eigenvalue weighted by Gasteiger charge is -2.22. The summed E-state index contributed by atoms with van der Waals surface area (Å²) < 4.78 is 13.7. The van der Waals surface area contributed by atoms with Crippen molar-refractivity contribution in [2.75, 3.05) is 13.1 Å². The molecular formula is C13H14ClFN2O. The SMILES string of the molecule is CCN(CC(C)C#N)C(=O)c1cccc(Cl)c1F. The first-order valence-electron chi connectivity index (χ1n) is 5.64. The Labute approximate surface area is 111 Å². The van der Waals surface area contributed by atoms with E-state index in [2.05, 4.69) is 0 Å². The molecule has 1 unspecified atom stereocenters. The molecule has 1 rings (SSSR count). The third-order valence-electron chi connectivity index (χ3n) is 2.57. The van der Waals surface area contributed by atoms with Crippen LogP contribution in [-0.4, -0.2) is 23.9 Å². The summed E-state index contributed by atoms with van der Waals surface area (Å²) in [6.07, 6.45) is 0. The second-order valence-corrected chi connectivity index (χ2v) is 4.38. The van der Waals surface area contributed by atoms with Crippen molar-refractivity contribution in [3.63, 3.8) is 0 Å². The van der Waals surface area contributed by atoms with Crippen molar-refractivity contribution < 1.29 is 9.18 Å². The predicted octanol–water partition coefficient (Wildman–Crippen LogP) is 3.10. The summed E-state index contributed by atoms with van der Waals surface area (Å²) in [5.41, 5.74) is -0.0607. The minimum atomic E-state index is -0.716. The molecule has 0 bridgehead atoms. The van der Waals surface area contributed by atoms with E-state index in [4.69, 9.17) is 16.9 Å². The topological polar surface area (TPSA) is 44.1 Å². The number of hydrogen-bond acceptors (Lipinski definition) is 2. The highest BCUT2D eigenvalue weighted by Gasteiger charge is 2.20. The average molecular weight is 269 g/mol. The van der Waals surface area contributed by atoms with Crippen LogP contribution in [0.25, 0.3) is 0 Å². The van der Waals surface area contributed by atoms with Crippen molar-refractivity contribution in [3.05, 3.63) is 34.6 Å². The maximum absolute atomic E-state index is 13.7. The van der Waals surface area contributed by atoms with E-state index in [0.29, 0.717) is 6.54 Å². The van der Waals surface area contributed by atoms with Gasteiger partial charge in [-0.2, -0.15) is 5.26 Å². The fourth-order valence-corrected chi connectivity index (χ4v) is 1.74. The number of nitriles is 1. The van der Waals surface area contributed by atoms with Gasteiger partial charge in [-0.25, -0.2) is 4.39 Å². The largest absolute Gasteiger partial charge is 0.338 e. The van der Waals surface area contributed by atoms with Crippen LogP contribution in [0.3, 0.4) is 0 Å². The smallest absolute Gasteiger partial charge is 0.256 e. The van der Waals surface area contributed by atoms with Crippen LogP contribution >= 0.6 is 11.6 Å². The first-order chi connectivity index (χ1) is 8.51. The van der Waals surface area contributed by atoms with E-state index < -0.39 is 11.7 Å². The number of halogens is 2. The van der Waals surface area contributed by atoms with Gasteiger partial charge in [0.2, 0.25) is 0 Å². The molecule has 18 heavy (non-hydrogen) atoms. The van der Waals surface area contributed by atoms with E-state index in [1.807, 2.05) is 6.07 Å². The Morgan fingerprint density at radius 3 is 2.83 bits per heavy atom. The Kier molecular flexibility index (Phi) is 5.11. The van der Waals surface area contributed by atoms with E-state index in [-0.39, 0.29) is 23.0 Å². The molecule has 0 heterocycles. The Morgan fingerprint density at radius 1 is 1.61 bits per heavy atom. The number of hydrogen-bond donors (Lipinski definition) is 0. The van der Waals surface area contributed by atoms with Gasteiger partial charge in [-0.1, -0.05) is 17.7 Å². The van der Waals surface area contributed by atoms with Crippen molar-refractivity contribution in [1.82, 2.24) is 4.90 Å². The van der Waals surface area contributed by atoms with Crippen molar-refractivity contribution in [1.29, 1.82) is 5.26 Å². The summed E-state index contributed by atoms with van der Waals surface area (Å²) in [4.78, 5) is 13.6. The zero-order valence-corrected chi connectivity index (χ0v) is 11.0. The highest BCUT2D eigenvalue weighted by molar-refractivity contribution is 6.31. The van der Waals surface area contributed by atoms with Crippen LogP contribution in [-0.2, 0) is 0 Å². The molecular weight excluding hydrogens is 255 g/mol. The van der Waals surface area contributed by atoms with Crippen molar-refractivity contribution in [3.8, 4) is 6.07 Å². The summed E-state index contributed by atoms with van der Waals surface area (Å²) in [6.45, 7) is 4.18. The lowest BCUT2D eigenvalue weighted by atomic mass is 10.1. The molecule has 1 aromatic rings. The second kappa shape index (κ2) is 6.36. The molecule has 5 heteroatoms. The highest BCUT2D eigenvalue weighted by atomic mass is 35.5. The summed E-state index contributed by atoms with van der Waals surface area (Å²) >= 11 is 5.64. The number of amides is 1. The van der Waals surface area contributed by atoms with Gasteiger partial charge in [-0.05, 0) is 26.0 Å². The fraction of sp³-hybridized carbons (Fsp3) is 0.385. The van der Waals surface area contributed by atoms with E-state index in [1.165, 1.54) is 23.1 Å². The molecule has 1 amide bonds. The zero-order chi connectivity index (χ0) is 13.7. The van der Waals surface area contributed by atoms with Crippen LogP contribution in [0.4, 0.5) is 4.39 Å². The average Bonchev–Trinajstić information content (AvgIpc) is 2.38. The van der Waals surface area contributed by atoms with E-state index in [1.54, 1.807) is 13.8 Å². The summed E-state index contributed by atoms with van der Waals surface area (Å²) in [7, 11) is 0. The fourth-order valence-electron chi connectivity index (χ4n) is 1.57. The molecule has 96 valence electrons. The van der Waals surface area contributed by atoms with E-state index in [9.17, 15) is 9.18 Å². The van der Waals surface area contributed by atoms with Gasteiger partial charge in [-0.15, -0.1) is 0 Å². The molecule has 1 atom stereocenters. The van der Waals surface area contributed by atoms with Gasteiger partial charge < -0.3 is 4.90 Å². The second-order valence-electron chi connectivity index (χ2n) is 3.98. The minimum Gasteiger partial charge on any atom is -0.338 e. The van der Waals surface area contributed by atoms with Gasteiger partial charge >= 0.3 is 0 Å². The summed E-state index contributed by atoms with van der Waals surface area (Å²) in [6, 6.07) is 6.36. The first-order valence-corrected chi connectivity index (χ1v) is 6.02. The predicted molar refractivity (Wildman–Crippen MR) is 67.8 cm³/mol. The van der Waals surface area contributed by atoms with E-state index >= 15 is 0 Å². The van der Waals surface area contributed by atoms with Gasteiger partial charge in [0.25, 0.3) is 5.91 Å². The molecule has 0 aromatic heterocycles. The third kappa shape index (κ3) is 3.21. The standard InChI is InChI=1S/C13H14ClFN2O/c1-3-17(8-9(2)7-16)13(18)10-5-4-6-11(14)12(10)15/h4-6,9H,3,8H2,1-2H3. The Morgan fingerprint density at radius 2 is 2.28 bits per heavy atom. The molecule has 0 saturated heterocycles. The molecule has 1 aromatic carbocycles. The van der Waals surface area contributed by atoms with Crippen LogP contribution in [0.2, 0.25) is 5.02 Å². The van der Waals surface area contributed by atoms with Gasteiger partial charge in [-0.3, -0.25) is 4.79 Å². The van der Waals surface area contributed by atoms with Crippen molar-refractivity contribution in [2.24, 2.45) is 5.92 Å². The lowest BCUT2D eigenvalue weighted by Crippen LogP contribution is -2.34. The Bertz CT molecular complexity index is 484. The zero-order valence-electron chi connectivity index (χ0n) is 10.3. The monoisotopic (exact) mass is 268 g/mol. The van der Waals surface area contributed by atoms with Crippen LogP contribution in [0.15, 0.2) is 18.2 Å². The molecule has 0 spiro atoms. The minimum absolute atomic E-state index is 0.0607. The van der Waals surface area contributed by atoms with Crippen LogP contribution in [0, 0.1) is 23.1 Å². The summed E-state index contributed by atoms with van der Waals surface area (Å²) in [5.74, 6) is -1.46. The molecule has 3 nitrogen and oxygen atoms in total. The highest BCUT2D eigenvalue weighted by Crippen LogP contribution is 2.19. The third-order valence-corrected chi connectivity index (χ3v) is 2.86. The quantitative estimate of drug-likeness (QED) is 0.842. The van der Waals surface area contributed by atoms with Crippen molar-refractivity contribution >= 4 is 17.5 Å².